The average molecular weight is 335 g/mol. The zero-order valence-electron chi connectivity index (χ0n) is 15.1. The largest absolute Gasteiger partial charge is 0.497 e. The highest BCUT2D eigenvalue weighted by atomic mass is 16.5. The molecule has 2 aromatic carbocycles. The summed E-state index contributed by atoms with van der Waals surface area (Å²) in [6, 6.07) is 18.8. The maximum atomic E-state index is 6.10. The molecule has 0 fully saturated rings. The molecule has 3 rings (SSSR count). The van der Waals surface area contributed by atoms with Gasteiger partial charge in [0, 0.05) is 30.8 Å². The Balaban J connectivity index is 1.93. The molecule has 0 saturated carbocycles. The summed E-state index contributed by atoms with van der Waals surface area (Å²) in [5.74, 6) is 0.978. The highest BCUT2D eigenvalue weighted by Gasteiger charge is 2.18. The lowest BCUT2D eigenvalue weighted by atomic mass is 9.94. The third-order valence-electron chi connectivity index (χ3n) is 4.68. The molecular weight excluding hydrogens is 310 g/mol. The minimum atomic E-state index is 0.135. The van der Waals surface area contributed by atoms with Crippen LogP contribution in [0.25, 0.3) is 11.3 Å². The molecule has 1 unspecified atom stereocenters. The number of methoxy groups -OCH3 is 1. The third kappa shape index (κ3) is 3.59. The van der Waals surface area contributed by atoms with E-state index in [1.807, 2.05) is 36.0 Å². The molecule has 1 heterocycles. The molecule has 0 aliphatic heterocycles. The van der Waals surface area contributed by atoms with E-state index in [4.69, 9.17) is 10.5 Å². The van der Waals surface area contributed by atoms with E-state index in [1.165, 1.54) is 11.1 Å². The first-order valence-corrected chi connectivity index (χ1v) is 8.63. The minimum absolute atomic E-state index is 0.135. The predicted molar refractivity (Wildman–Crippen MR) is 102 cm³/mol. The van der Waals surface area contributed by atoms with Gasteiger partial charge in [0.25, 0.3) is 0 Å². The van der Waals surface area contributed by atoms with Crippen LogP contribution in [-0.2, 0) is 13.5 Å². The average Bonchev–Trinajstić information content (AvgIpc) is 3.04. The summed E-state index contributed by atoms with van der Waals surface area (Å²) in [5.41, 5.74) is 11.8. The van der Waals surface area contributed by atoms with Crippen molar-refractivity contribution in [2.24, 2.45) is 12.8 Å². The van der Waals surface area contributed by atoms with E-state index in [2.05, 4.69) is 42.4 Å². The fraction of sp³-hybridized carbons (Fsp3) is 0.286. The molecule has 0 amide bonds. The molecular formula is C21H25N3O. The minimum Gasteiger partial charge on any atom is -0.497 e. The lowest BCUT2D eigenvalue weighted by Crippen LogP contribution is -2.17. The molecule has 4 heteroatoms. The molecule has 0 saturated heterocycles. The summed E-state index contributed by atoms with van der Waals surface area (Å²) >= 11 is 0. The number of aryl methyl sites for hydroxylation is 2. The Morgan fingerprint density at radius 1 is 1.08 bits per heavy atom. The van der Waals surface area contributed by atoms with Gasteiger partial charge in [0.05, 0.1) is 12.8 Å². The molecule has 130 valence electrons. The van der Waals surface area contributed by atoms with Crippen LogP contribution >= 0.6 is 0 Å². The third-order valence-corrected chi connectivity index (χ3v) is 4.68. The Bertz CT molecular complexity index is 819. The van der Waals surface area contributed by atoms with E-state index < -0.39 is 0 Å². The van der Waals surface area contributed by atoms with Crippen LogP contribution in [0.15, 0.2) is 54.6 Å². The van der Waals surface area contributed by atoms with Gasteiger partial charge in [-0.15, -0.1) is 0 Å². The normalized spacial score (nSPS) is 12.2. The number of hydrogen-bond donors (Lipinski definition) is 1. The first kappa shape index (κ1) is 17.2. The molecule has 1 aromatic heterocycles. The molecule has 0 aliphatic carbocycles. The van der Waals surface area contributed by atoms with Crippen LogP contribution in [0.1, 0.15) is 29.7 Å². The number of ether oxygens (including phenoxy) is 1. The lowest BCUT2D eigenvalue weighted by Gasteiger charge is -2.16. The van der Waals surface area contributed by atoms with Gasteiger partial charge < -0.3 is 10.5 Å². The van der Waals surface area contributed by atoms with Crippen LogP contribution < -0.4 is 10.5 Å². The van der Waals surface area contributed by atoms with Crippen molar-refractivity contribution in [2.45, 2.75) is 19.3 Å². The van der Waals surface area contributed by atoms with Gasteiger partial charge in [-0.05, 0) is 47.9 Å². The standard InChI is InChI=1S/C21H25N3O/c1-4-15-5-7-16(8-6-15)19(14-22)21-13-20(23-24(21)2)17-9-11-18(25-3)12-10-17/h5-13,19H,4,14,22H2,1-3H3. The monoisotopic (exact) mass is 335 g/mol. The van der Waals surface area contributed by atoms with Gasteiger partial charge in [-0.25, -0.2) is 0 Å². The van der Waals surface area contributed by atoms with Gasteiger partial charge >= 0.3 is 0 Å². The molecule has 3 aromatic rings. The maximum absolute atomic E-state index is 6.10. The van der Waals surface area contributed by atoms with Crippen molar-refractivity contribution in [2.75, 3.05) is 13.7 Å². The van der Waals surface area contributed by atoms with Crippen molar-refractivity contribution in [3.63, 3.8) is 0 Å². The van der Waals surface area contributed by atoms with Gasteiger partial charge in [0.1, 0.15) is 5.75 Å². The first-order chi connectivity index (χ1) is 12.2. The van der Waals surface area contributed by atoms with Crippen molar-refractivity contribution in [1.82, 2.24) is 9.78 Å². The van der Waals surface area contributed by atoms with Gasteiger partial charge in [0.2, 0.25) is 0 Å². The second kappa shape index (κ2) is 7.53. The van der Waals surface area contributed by atoms with Crippen molar-refractivity contribution in [3.05, 3.63) is 71.4 Å². The van der Waals surface area contributed by atoms with Crippen LogP contribution in [0.2, 0.25) is 0 Å². The van der Waals surface area contributed by atoms with Gasteiger partial charge in [0.15, 0.2) is 0 Å². The molecule has 1 atom stereocenters. The number of aromatic nitrogens is 2. The number of benzene rings is 2. The topological polar surface area (TPSA) is 53.1 Å². The number of rotatable bonds is 6. The zero-order valence-corrected chi connectivity index (χ0v) is 15.1. The Morgan fingerprint density at radius 3 is 2.32 bits per heavy atom. The predicted octanol–water partition coefficient (Wildman–Crippen LogP) is 3.75. The first-order valence-electron chi connectivity index (χ1n) is 8.63. The second-order valence-corrected chi connectivity index (χ2v) is 6.19. The highest BCUT2D eigenvalue weighted by molar-refractivity contribution is 5.61. The molecule has 0 spiro atoms. The molecule has 0 bridgehead atoms. The van der Waals surface area contributed by atoms with Crippen LogP contribution in [0.5, 0.6) is 5.75 Å². The molecule has 0 radical (unpaired) electrons. The summed E-state index contributed by atoms with van der Waals surface area (Å²) < 4.78 is 7.16. The van der Waals surface area contributed by atoms with E-state index in [1.54, 1.807) is 7.11 Å². The van der Waals surface area contributed by atoms with Gasteiger partial charge in [-0.3, -0.25) is 4.68 Å². The highest BCUT2D eigenvalue weighted by Crippen LogP contribution is 2.28. The van der Waals surface area contributed by atoms with E-state index in [-0.39, 0.29) is 5.92 Å². The quantitative estimate of drug-likeness (QED) is 0.746. The molecule has 4 nitrogen and oxygen atoms in total. The Morgan fingerprint density at radius 2 is 1.76 bits per heavy atom. The number of hydrogen-bond acceptors (Lipinski definition) is 3. The summed E-state index contributed by atoms with van der Waals surface area (Å²) in [5, 5.41) is 4.68. The van der Waals surface area contributed by atoms with Crippen LogP contribution in [0.4, 0.5) is 0 Å². The fourth-order valence-corrected chi connectivity index (χ4v) is 3.12. The fourth-order valence-electron chi connectivity index (χ4n) is 3.12. The van der Waals surface area contributed by atoms with Crippen molar-refractivity contribution < 1.29 is 4.74 Å². The number of nitrogens with zero attached hydrogens (tertiary/aromatic N) is 2. The van der Waals surface area contributed by atoms with E-state index >= 15 is 0 Å². The lowest BCUT2D eigenvalue weighted by molar-refractivity contribution is 0.415. The Hall–Kier alpha value is -2.59. The van der Waals surface area contributed by atoms with Crippen LogP contribution in [0.3, 0.4) is 0 Å². The summed E-state index contributed by atoms with van der Waals surface area (Å²) in [7, 11) is 3.65. The van der Waals surface area contributed by atoms with Gasteiger partial charge in [-0.1, -0.05) is 31.2 Å². The van der Waals surface area contributed by atoms with E-state index in [9.17, 15) is 0 Å². The molecule has 0 aliphatic rings. The van der Waals surface area contributed by atoms with Crippen molar-refractivity contribution in [1.29, 1.82) is 0 Å². The number of nitrogens with two attached hydrogens (primary N) is 1. The Kier molecular flexibility index (Phi) is 5.19. The van der Waals surface area contributed by atoms with Crippen LogP contribution in [0, 0.1) is 0 Å². The van der Waals surface area contributed by atoms with E-state index in [0.717, 1.165) is 29.1 Å². The van der Waals surface area contributed by atoms with E-state index in [0.29, 0.717) is 6.54 Å². The Labute approximate surface area is 149 Å². The van der Waals surface area contributed by atoms with Crippen molar-refractivity contribution >= 4 is 0 Å². The SMILES string of the molecule is CCc1ccc(C(CN)c2cc(-c3ccc(OC)cc3)nn2C)cc1. The maximum Gasteiger partial charge on any atom is 0.118 e. The summed E-state index contributed by atoms with van der Waals surface area (Å²) in [6.45, 7) is 2.71. The summed E-state index contributed by atoms with van der Waals surface area (Å²) in [6.07, 6.45) is 1.04. The summed E-state index contributed by atoms with van der Waals surface area (Å²) in [4.78, 5) is 0. The van der Waals surface area contributed by atoms with Crippen LogP contribution in [-0.4, -0.2) is 23.4 Å². The smallest absolute Gasteiger partial charge is 0.118 e. The molecule has 25 heavy (non-hydrogen) atoms. The second-order valence-electron chi connectivity index (χ2n) is 6.19. The van der Waals surface area contributed by atoms with Gasteiger partial charge in [-0.2, -0.15) is 5.10 Å². The van der Waals surface area contributed by atoms with Crippen molar-refractivity contribution in [3.8, 4) is 17.0 Å². The molecule has 2 N–H and O–H groups in total. The zero-order chi connectivity index (χ0) is 17.8.